The first kappa shape index (κ1) is 14.3. The lowest BCUT2D eigenvalue weighted by molar-refractivity contribution is -0.119. The van der Waals surface area contributed by atoms with Gasteiger partial charge in [-0.2, -0.15) is 17.4 Å². The smallest absolute Gasteiger partial charge is 0.279 e. The van der Waals surface area contributed by atoms with Gasteiger partial charge in [-0.15, -0.1) is 0 Å². The minimum Gasteiger partial charge on any atom is -0.358 e. The van der Waals surface area contributed by atoms with Crippen molar-refractivity contribution in [3.8, 4) is 0 Å². The van der Waals surface area contributed by atoms with E-state index in [2.05, 4.69) is 10.0 Å². The van der Waals surface area contributed by atoms with E-state index in [9.17, 15) is 13.2 Å². The summed E-state index contributed by atoms with van der Waals surface area (Å²) in [7, 11) is -0.699. The number of nitrogens with zero attached hydrogens (tertiary/aromatic N) is 1. The Labute approximate surface area is 90.2 Å². The summed E-state index contributed by atoms with van der Waals surface area (Å²) in [5.74, 6) is -0.384. The molecule has 0 bridgehead atoms. The highest BCUT2D eigenvalue weighted by Crippen LogP contribution is 1.94. The van der Waals surface area contributed by atoms with Crippen LogP contribution in [-0.2, 0) is 15.0 Å². The first-order valence-electron chi connectivity index (χ1n) is 4.55. The van der Waals surface area contributed by atoms with Crippen LogP contribution in [0, 0.1) is 0 Å². The summed E-state index contributed by atoms with van der Waals surface area (Å²) in [5, 5.41) is 2.32. The summed E-state index contributed by atoms with van der Waals surface area (Å²) >= 11 is 0. The van der Waals surface area contributed by atoms with Gasteiger partial charge in [0.25, 0.3) is 10.2 Å². The standard InChI is InChI=1S/C7H18N4O3S/c1-9-7(12)6-10-15(13,14)11(2)5-3-4-8/h10H,3-6,8H2,1-2H3,(H,9,12). The summed E-state index contributed by atoms with van der Waals surface area (Å²) in [6.45, 7) is 0.501. The third kappa shape index (κ3) is 5.67. The lowest BCUT2D eigenvalue weighted by Gasteiger charge is -2.16. The predicted octanol–water partition coefficient (Wildman–Crippen LogP) is -2.15. The summed E-state index contributed by atoms with van der Waals surface area (Å²) in [6, 6.07) is 0. The van der Waals surface area contributed by atoms with E-state index in [-0.39, 0.29) is 12.5 Å². The fourth-order valence-electron chi connectivity index (χ4n) is 0.789. The van der Waals surface area contributed by atoms with Crippen LogP contribution in [0.2, 0.25) is 0 Å². The molecular formula is C7H18N4O3S. The zero-order chi connectivity index (χ0) is 11.9. The maximum absolute atomic E-state index is 11.5. The molecule has 15 heavy (non-hydrogen) atoms. The molecule has 0 aromatic heterocycles. The van der Waals surface area contributed by atoms with Crippen molar-refractivity contribution in [3.05, 3.63) is 0 Å². The summed E-state index contributed by atoms with van der Waals surface area (Å²) in [6.07, 6.45) is 0.581. The SMILES string of the molecule is CNC(=O)CNS(=O)(=O)N(C)CCCN. The zero-order valence-corrected chi connectivity index (χ0v) is 9.80. The third-order valence-corrected chi connectivity index (χ3v) is 3.29. The first-order valence-corrected chi connectivity index (χ1v) is 5.99. The monoisotopic (exact) mass is 238 g/mol. The van der Waals surface area contributed by atoms with E-state index < -0.39 is 10.2 Å². The Hall–Kier alpha value is -0.700. The van der Waals surface area contributed by atoms with E-state index >= 15 is 0 Å². The molecule has 0 aliphatic carbocycles. The molecule has 0 aliphatic heterocycles. The van der Waals surface area contributed by atoms with Crippen LogP contribution in [0.3, 0.4) is 0 Å². The van der Waals surface area contributed by atoms with Gasteiger partial charge in [-0.25, -0.2) is 0 Å². The zero-order valence-electron chi connectivity index (χ0n) is 8.99. The molecule has 0 radical (unpaired) electrons. The van der Waals surface area contributed by atoms with Gasteiger partial charge in [0.15, 0.2) is 0 Å². The van der Waals surface area contributed by atoms with Gasteiger partial charge < -0.3 is 11.1 Å². The third-order valence-electron chi connectivity index (χ3n) is 1.78. The number of amides is 1. The van der Waals surface area contributed by atoms with E-state index in [1.54, 1.807) is 0 Å². The van der Waals surface area contributed by atoms with Gasteiger partial charge in [0.1, 0.15) is 0 Å². The highest BCUT2D eigenvalue weighted by Gasteiger charge is 2.17. The van der Waals surface area contributed by atoms with Crippen molar-refractivity contribution in [2.75, 3.05) is 33.7 Å². The molecule has 4 N–H and O–H groups in total. The van der Waals surface area contributed by atoms with Crippen molar-refractivity contribution < 1.29 is 13.2 Å². The molecule has 0 saturated heterocycles. The fraction of sp³-hybridized carbons (Fsp3) is 0.857. The summed E-state index contributed by atoms with van der Waals surface area (Å²) in [5.41, 5.74) is 5.26. The average molecular weight is 238 g/mol. The molecular weight excluding hydrogens is 220 g/mol. The molecule has 0 aromatic rings. The van der Waals surface area contributed by atoms with Crippen molar-refractivity contribution in [2.24, 2.45) is 5.73 Å². The molecule has 0 spiro atoms. The second kappa shape index (κ2) is 6.72. The maximum Gasteiger partial charge on any atom is 0.279 e. The van der Waals surface area contributed by atoms with Gasteiger partial charge in [0, 0.05) is 20.6 Å². The average Bonchev–Trinajstić information content (AvgIpc) is 2.22. The Morgan fingerprint density at radius 3 is 2.53 bits per heavy atom. The minimum absolute atomic E-state index is 0.258. The van der Waals surface area contributed by atoms with Gasteiger partial charge in [0.05, 0.1) is 6.54 Å². The molecule has 0 saturated carbocycles. The van der Waals surface area contributed by atoms with Crippen molar-refractivity contribution in [3.63, 3.8) is 0 Å². The predicted molar refractivity (Wildman–Crippen MR) is 57.3 cm³/mol. The topological polar surface area (TPSA) is 105 Å². The molecule has 90 valence electrons. The number of likely N-dealkylation sites (N-methyl/N-ethyl adjacent to an activating group) is 1. The van der Waals surface area contributed by atoms with E-state index in [4.69, 9.17) is 5.73 Å². The largest absolute Gasteiger partial charge is 0.358 e. The van der Waals surface area contributed by atoms with Crippen LogP contribution < -0.4 is 15.8 Å². The van der Waals surface area contributed by atoms with Gasteiger partial charge in [-0.05, 0) is 13.0 Å². The normalized spacial score (nSPS) is 11.7. The Morgan fingerprint density at radius 2 is 2.07 bits per heavy atom. The van der Waals surface area contributed by atoms with Crippen molar-refractivity contribution >= 4 is 16.1 Å². The van der Waals surface area contributed by atoms with E-state index in [0.717, 1.165) is 4.31 Å². The molecule has 0 aromatic carbocycles. The molecule has 0 unspecified atom stereocenters. The molecule has 0 rings (SSSR count). The van der Waals surface area contributed by atoms with Crippen LogP contribution in [0.5, 0.6) is 0 Å². The van der Waals surface area contributed by atoms with Crippen molar-refractivity contribution in [2.45, 2.75) is 6.42 Å². The number of nitrogens with two attached hydrogens (primary N) is 1. The lowest BCUT2D eigenvalue weighted by Crippen LogP contribution is -2.43. The van der Waals surface area contributed by atoms with Crippen LogP contribution in [-0.4, -0.2) is 52.4 Å². The van der Waals surface area contributed by atoms with Crippen LogP contribution in [0.25, 0.3) is 0 Å². The Kier molecular flexibility index (Phi) is 6.41. The second-order valence-electron chi connectivity index (χ2n) is 2.96. The number of nitrogens with one attached hydrogen (secondary N) is 2. The van der Waals surface area contributed by atoms with Crippen LogP contribution in [0.15, 0.2) is 0 Å². The highest BCUT2D eigenvalue weighted by atomic mass is 32.2. The number of hydrogen-bond acceptors (Lipinski definition) is 4. The van der Waals surface area contributed by atoms with Crippen molar-refractivity contribution in [1.82, 2.24) is 14.3 Å². The molecule has 0 aliphatic rings. The second-order valence-corrected chi connectivity index (χ2v) is 4.83. The fourth-order valence-corrected chi connectivity index (χ4v) is 1.69. The Morgan fingerprint density at radius 1 is 1.47 bits per heavy atom. The highest BCUT2D eigenvalue weighted by molar-refractivity contribution is 7.87. The molecule has 1 amide bonds. The number of hydrogen-bond donors (Lipinski definition) is 3. The quantitative estimate of drug-likeness (QED) is 0.470. The maximum atomic E-state index is 11.5. The molecule has 8 heteroatoms. The van der Waals surface area contributed by atoms with Crippen LogP contribution >= 0.6 is 0 Å². The molecule has 0 atom stereocenters. The van der Waals surface area contributed by atoms with E-state index in [0.29, 0.717) is 19.5 Å². The summed E-state index contributed by atoms with van der Waals surface area (Å²) < 4.78 is 26.2. The molecule has 0 heterocycles. The minimum atomic E-state index is -3.57. The van der Waals surface area contributed by atoms with Gasteiger partial charge in [-0.1, -0.05) is 0 Å². The Bertz CT molecular complexity index is 291. The lowest BCUT2D eigenvalue weighted by atomic mass is 10.4. The van der Waals surface area contributed by atoms with Gasteiger partial charge in [-0.3, -0.25) is 4.79 Å². The number of rotatable bonds is 7. The first-order chi connectivity index (χ1) is 6.94. The number of carbonyl (C=O) groups is 1. The van der Waals surface area contributed by atoms with Crippen molar-refractivity contribution in [1.29, 1.82) is 0 Å². The van der Waals surface area contributed by atoms with Gasteiger partial charge in [0.2, 0.25) is 5.91 Å². The molecule has 7 nitrogen and oxygen atoms in total. The molecule has 0 fully saturated rings. The van der Waals surface area contributed by atoms with Gasteiger partial charge >= 0.3 is 0 Å². The van der Waals surface area contributed by atoms with Crippen LogP contribution in [0.4, 0.5) is 0 Å². The number of carbonyl (C=O) groups excluding carboxylic acids is 1. The van der Waals surface area contributed by atoms with Crippen LogP contribution in [0.1, 0.15) is 6.42 Å². The van der Waals surface area contributed by atoms with E-state index in [1.165, 1.54) is 14.1 Å². The Balaban J connectivity index is 4.11. The summed E-state index contributed by atoms with van der Waals surface area (Å²) in [4.78, 5) is 10.8. The van der Waals surface area contributed by atoms with E-state index in [1.807, 2.05) is 0 Å².